The Morgan fingerprint density at radius 3 is 2.78 bits per heavy atom. The summed E-state index contributed by atoms with van der Waals surface area (Å²) >= 11 is 1.72. The minimum absolute atomic E-state index is 0.0267. The van der Waals surface area contributed by atoms with Crippen molar-refractivity contribution in [1.29, 1.82) is 0 Å². The van der Waals surface area contributed by atoms with Crippen molar-refractivity contribution in [2.45, 2.75) is 25.6 Å². The smallest absolute Gasteiger partial charge is 0.236 e. The summed E-state index contributed by atoms with van der Waals surface area (Å²) in [4.78, 5) is 25.9. The Morgan fingerprint density at radius 2 is 2.09 bits per heavy atom. The predicted octanol–water partition coefficient (Wildman–Crippen LogP) is 1.45. The Labute approximate surface area is 140 Å². The number of amides is 2. The number of hydrogen-bond acceptors (Lipinski definition) is 5. The van der Waals surface area contributed by atoms with Crippen LogP contribution in [0, 0.1) is 5.41 Å². The van der Waals surface area contributed by atoms with Crippen LogP contribution in [0.15, 0.2) is 30.3 Å². The molecule has 2 atom stereocenters. The molecule has 2 aliphatic rings. The maximum absolute atomic E-state index is 12.5. The Balaban J connectivity index is 1.49. The monoisotopic (exact) mass is 335 g/mol. The first-order chi connectivity index (χ1) is 11.1. The predicted molar refractivity (Wildman–Crippen MR) is 87.8 cm³/mol. The van der Waals surface area contributed by atoms with Crippen molar-refractivity contribution in [2.75, 3.05) is 24.7 Å². The molecule has 0 aliphatic carbocycles. The second kappa shape index (κ2) is 7.03. The van der Waals surface area contributed by atoms with Crippen LogP contribution in [0.3, 0.4) is 0 Å². The van der Waals surface area contributed by atoms with Crippen molar-refractivity contribution in [3.05, 3.63) is 35.9 Å². The zero-order valence-electron chi connectivity index (χ0n) is 12.9. The number of β-amino-alcohol motifs (C(OH)–C–C–N with tert-alkyl or cyclic N) is 1. The van der Waals surface area contributed by atoms with Crippen molar-refractivity contribution < 1.29 is 19.4 Å². The first-order valence-electron chi connectivity index (χ1n) is 7.83. The van der Waals surface area contributed by atoms with Crippen LogP contribution in [0.25, 0.3) is 0 Å². The summed E-state index contributed by atoms with van der Waals surface area (Å²) in [7, 11) is 0. The minimum atomic E-state index is -0.851. The molecule has 0 bridgehead atoms. The molecule has 0 saturated carbocycles. The van der Waals surface area contributed by atoms with E-state index in [9.17, 15) is 14.7 Å². The Kier molecular flexibility index (Phi) is 5.04. The van der Waals surface area contributed by atoms with E-state index in [1.165, 1.54) is 4.90 Å². The summed E-state index contributed by atoms with van der Waals surface area (Å²) < 4.78 is 5.48. The third kappa shape index (κ3) is 3.59. The molecule has 2 fully saturated rings. The molecule has 3 rings (SSSR count). The number of rotatable bonds is 6. The van der Waals surface area contributed by atoms with E-state index in [0.717, 1.165) is 17.7 Å². The lowest BCUT2D eigenvalue weighted by molar-refractivity contribution is -0.143. The molecular weight excluding hydrogens is 314 g/mol. The quantitative estimate of drug-likeness (QED) is 0.797. The zero-order chi connectivity index (χ0) is 16.3. The van der Waals surface area contributed by atoms with Gasteiger partial charge in [0.2, 0.25) is 11.8 Å². The number of thioether (sulfide) groups is 1. The van der Waals surface area contributed by atoms with Crippen LogP contribution in [0.1, 0.15) is 18.4 Å². The van der Waals surface area contributed by atoms with Crippen LogP contribution in [-0.2, 0) is 20.9 Å². The maximum Gasteiger partial charge on any atom is 0.236 e. The van der Waals surface area contributed by atoms with Gasteiger partial charge in [-0.05, 0) is 17.7 Å². The van der Waals surface area contributed by atoms with Crippen LogP contribution in [0.5, 0.6) is 0 Å². The molecule has 23 heavy (non-hydrogen) atoms. The topological polar surface area (TPSA) is 66.8 Å². The van der Waals surface area contributed by atoms with Crippen molar-refractivity contribution in [3.8, 4) is 0 Å². The van der Waals surface area contributed by atoms with Gasteiger partial charge in [0.15, 0.2) is 0 Å². The lowest BCUT2D eigenvalue weighted by Gasteiger charge is -2.22. The number of imide groups is 1. The number of likely N-dealkylation sites (tertiary alicyclic amines) is 1. The average Bonchev–Trinajstić information content (AvgIpc) is 3.10. The molecular formula is C17H21NO4S. The van der Waals surface area contributed by atoms with E-state index in [0.29, 0.717) is 12.4 Å². The van der Waals surface area contributed by atoms with Gasteiger partial charge >= 0.3 is 0 Å². The third-order valence-corrected chi connectivity index (χ3v) is 5.66. The van der Waals surface area contributed by atoms with Gasteiger partial charge < -0.3 is 9.84 Å². The summed E-state index contributed by atoms with van der Waals surface area (Å²) in [5, 5.41) is 10.1. The molecule has 1 spiro atoms. The molecule has 1 aromatic carbocycles. The van der Waals surface area contributed by atoms with Crippen LogP contribution < -0.4 is 0 Å². The molecule has 2 heterocycles. The molecule has 0 radical (unpaired) electrons. The molecule has 2 aliphatic heterocycles. The minimum Gasteiger partial charge on any atom is -0.389 e. The van der Waals surface area contributed by atoms with Gasteiger partial charge in [-0.25, -0.2) is 0 Å². The van der Waals surface area contributed by atoms with E-state index < -0.39 is 11.5 Å². The fourth-order valence-electron chi connectivity index (χ4n) is 3.11. The van der Waals surface area contributed by atoms with E-state index in [1.807, 2.05) is 30.3 Å². The van der Waals surface area contributed by atoms with Gasteiger partial charge in [0.05, 0.1) is 31.3 Å². The van der Waals surface area contributed by atoms with Gasteiger partial charge in [-0.1, -0.05) is 30.3 Å². The molecule has 0 unspecified atom stereocenters. The SMILES string of the molecule is O=C1C[C@]2(CCSC2)C(=O)N1C[C@@H](O)COCc1ccccc1. The molecule has 0 aromatic heterocycles. The van der Waals surface area contributed by atoms with Gasteiger partial charge in [0.1, 0.15) is 0 Å². The first kappa shape index (κ1) is 16.5. The number of nitrogens with zero attached hydrogens (tertiary/aromatic N) is 1. The average molecular weight is 335 g/mol. The highest BCUT2D eigenvalue weighted by Gasteiger charge is 2.53. The van der Waals surface area contributed by atoms with E-state index in [-0.39, 0.29) is 31.4 Å². The normalized spacial score (nSPS) is 25.5. The number of carbonyl (C=O) groups excluding carboxylic acids is 2. The Morgan fingerprint density at radius 1 is 1.30 bits per heavy atom. The molecule has 1 N–H and O–H groups in total. The van der Waals surface area contributed by atoms with Gasteiger partial charge in [0, 0.05) is 12.2 Å². The second-order valence-corrected chi connectivity index (χ2v) is 7.33. The molecule has 2 amide bonds. The number of carbonyl (C=O) groups is 2. The van der Waals surface area contributed by atoms with Gasteiger partial charge in [-0.15, -0.1) is 0 Å². The van der Waals surface area contributed by atoms with Crippen molar-refractivity contribution in [2.24, 2.45) is 5.41 Å². The van der Waals surface area contributed by atoms with Crippen molar-refractivity contribution in [3.63, 3.8) is 0 Å². The van der Waals surface area contributed by atoms with Crippen molar-refractivity contribution in [1.82, 2.24) is 4.90 Å². The number of ether oxygens (including phenoxy) is 1. The Hall–Kier alpha value is -1.37. The van der Waals surface area contributed by atoms with Crippen molar-refractivity contribution >= 4 is 23.6 Å². The number of benzene rings is 1. The van der Waals surface area contributed by atoms with E-state index in [1.54, 1.807) is 11.8 Å². The molecule has 6 heteroatoms. The van der Waals surface area contributed by atoms with Crippen LogP contribution in [0.2, 0.25) is 0 Å². The fourth-order valence-corrected chi connectivity index (χ4v) is 4.55. The summed E-state index contributed by atoms with van der Waals surface area (Å²) in [5.74, 6) is 1.36. The summed E-state index contributed by atoms with van der Waals surface area (Å²) in [6.07, 6.45) is 0.200. The first-order valence-corrected chi connectivity index (χ1v) is 8.98. The lowest BCUT2D eigenvalue weighted by atomic mass is 9.86. The summed E-state index contributed by atoms with van der Waals surface area (Å²) in [6, 6.07) is 9.68. The van der Waals surface area contributed by atoms with E-state index in [4.69, 9.17) is 4.74 Å². The summed E-state index contributed by atoms with van der Waals surface area (Å²) in [5.41, 5.74) is 0.516. The van der Waals surface area contributed by atoms with E-state index in [2.05, 4.69) is 0 Å². The molecule has 2 saturated heterocycles. The largest absolute Gasteiger partial charge is 0.389 e. The number of aliphatic hydroxyl groups excluding tert-OH is 1. The number of aliphatic hydroxyl groups is 1. The number of hydrogen-bond donors (Lipinski definition) is 1. The second-order valence-electron chi connectivity index (χ2n) is 6.22. The Bertz CT molecular complexity index is 571. The highest BCUT2D eigenvalue weighted by molar-refractivity contribution is 7.99. The van der Waals surface area contributed by atoms with Crippen LogP contribution >= 0.6 is 11.8 Å². The fraction of sp³-hybridized carbons (Fsp3) is 0.529. The molecule has 1 aromatic rings. The molecule has 124 valence electrons. The molecule has 5 nitrogen and oxygen atoms in total. The highest BCUT2D eigenvalue weighted by atomic mass is 32.2. The van der Waals surface area contributed by atoms with Gasteiger partial charge in [-0.3, -0.25) is 14.5 Å². The van der Waals surface area contributed by atoms with Gasteiger partial charge in [0.25, 0.3) is 0 Å². The standard InChI is InChI=1S/C17H21NO4S/c19-14(11-22-10-13-4-2-1-3-5-13)9-18-15(20)8-17(16(18)21)6-7-23-12-17/h1-5,14,19H,6-12H2/t14-,17+/m1/s1. The van der Waals surface area contributed by atoms with Crippen LogP contribution in [-0.4, -0.2) is 52.6 Å². The third-order valence-electron chi connectivity index (χ3n) is 4.41. The van der Waals surface area contributed by atoms with E-state index >= 15 is 0 Å². The van der Waals surface area contributed by atoms with Crippen LogP contribution in [0.4, 0.5) is 0 Å². The lowest BCUT2D eigenvalue weighted by Crippen LogP contribution is -2.41. The summed E-state index contributed by atoms with van der Waals surface area (Å²) in [6.45, 7) is 0.535. The van der Waals surface area contributed by atoms with Gasteiger partial charge in [-0.2, -0.15) is 11.8 Å². The zero-order valence-corrected chi connectivity index (χ0v) is 13.8. The maximum atomic E-state index is 12.5. The highest BCUT2D eigenvalue weighted by Crippen LogP contribution is 2.44.